The van der Waals surface area contributed by atoms with Crippen molar-refractivity contribution in [2.75, 3.05) is 6.54 Å². The van der Waals surface area contributed by atoms with Gasteiger partial charge in [-0.2, -0.15) is 0 Å². The summed E-state index contributed by atoms with van der Waals surface area (Å²) in [7, 11) is 0. The summed E-state index contributed by atoms with van der Waals surface area (Å²) in [5.41, 5.74) is 0.940. The molecule has 0 aromatic heterocycles. The minimum atomic E-state index is -0.495. The van der Waals surface area contributed by atoms with Crippen LogP contribution >= 0.6 is 0 Å². The van der Waals surface area contributed by atoms with Crippen LogP contribution in [0.15, 0.2) is 30.3 Å². The molecular formula is C19H25NO3. The number of likely N-dealkylation sites (tertiary alicyclic amines) is 1. The largest absolute Gasteiger partial charge is 0.388 e. The van der Waals surface area contributed by atoms with Gasteiger partial charge in [0.05, 0.1) is 24.2 Å². The van der Waals surface area contributed by atoms with Gasteiger partial charge in [-0.05, 0) is 44.1 Å². The normalized spacial score (nSPS) is 34.0. The topological polar surface area (TPSA) is 49.8 Å². The van der Waals surface area contributed by atoms with Gasteiger partial charge in [-0.1, -0.05) is 30.3 Å². The number of amides is 1. The summed E-state index contributed by atoms with van der Waals surface area (Å²) in [4.78, 5) is 15.0. The van der Waals surface area contributed by atoms with Crippen molar-refractivity contribution in [2.45, 2.75) is 62.9 Å². The Bertz CT molecular complexity index is 561. The average molecular weight is 315 g/mol. The number of aliphatic hydroxyl groups is 1. The highest BCUT2D eigenvalue weighted by molar-refractivity contribution is 5.80. The Balaban J connectivity index is 1.41. The molecule has 3 aliphatic rings. The molecule has 3 saturated heterocycles. The first-order chi connectivity index (χ1) is 11.2. The van der Waals surface area contributed by atoms with Crippen LogP contribution < -0.4 is 0 Å². The van der Waals surface area contributed by atoms with Crippen LogP contribution in [-0.4, -0.2) is 40.7 Å². The first-order valence-electron chi connectivity index (χ1n) is 8.91. The van der Waals surface area contributed by atoms with Crippen molar-refractivity contribution in [1.29, 1.82) is 0 Å². The second kappa shape index (κ2) is 6.25. The van der Waals surface area contributed by atoms with E-state index in [0.29, 0.717) is 12.5 Å². The molecule has 4 heteroatoms. The SMILES string of the molecule is O=C(C1CC2CCC1O2)N1CCCC1CC(O)c1ccccc1. The predicted octanol–water partition coefficient (Wildman–Crippen LogP) is 2.67. The van der Waals surface area contributed by atoms with Crippen LogP contribution in [-0.2, 0) is 9.53 Å². The molecule has 1 aromatic rings. The maximum absolute atomic E-state index is 12.9. The number of carbonyl (C=O) groups is 1. The molecule has 0 saturated carbocycles. The molecule has 3 aliphatic heterocycles. The zero-order chi connectivity index (χ0) is 15.8. The Morgan fingerprint density at radius 2 is 2.09 bits per heavy atom. The first kappa shape index (κ1) is 15.2. The lowest BCUT2D eigenvalue weighted by Crippen LogP contribution is -2.43. The second-order valence-corrected chi connectivity index (χ2v) is 7.21. The van der Waals surface area contributed by atoms with E-state index in [0.717, 1.165) is 44.2 Å². The third-order valence-corrected chi connectivity index (χ3v) is 5.76. The quantitative estimate of drug-likeness (QED) is 0.929. The summed E-state index contributed by atoms with van der Waals surface area (Å²) in [6, 6.07) is 9.92. The molecule has 5 unspecified atom stereocenters. The van der Waals surface area contributed by atoms with Gasteiger partial charge in [0.2, 0.25) is 5.91 Å². The molecule has 3 fully saturated rings. The number of fused-ring (bicyclic) bond motifs is 2. The van der Waals surface area contributed by atoms with Crippen molar-refractivity contribution in [3.63, 3.8) is 0 Å². The van der Waals surface area contributed by atoms with Crippen molar-refractivity contribution in [3.8, 4) is 0 Å². The van der Waals surface area contributed by atoms with Crippen molar-refractivity contribution in [2.24, 2.45) is 5.92 Å². The van der Waals surface area contributed by atoms with Gasteiger partial charge in [0.25, 0.3) is 0 Å². The molecule has 2 bridgehead atoms. The van der Waals surface area contributed by atoms with Gasteiger partial charge >= 0.3 is 0 Å². The van der Waals surface area contributed by atoms with Crippen LogP contribution in [0, 0.1) is 5.92 Å². The lowest BCUT2D eigenvalue weighted by atomic mass is 9.88. The van der Waals surface area contributed by atoms with E-state index in [1.807, 2.05) is 35.2 Å². The molecular weight excluding hydrogens is 290 g/mol. The highest BCUT2D eigenvalue weighted by Gasteiger charge is 2.47. The number of ether oxygens (including phenoxy) is 1. The number of aliphatic hydroxyl groups excluding tert-OH is 1. The second-order valence-electron chi connectivity index (χ2n) is 7.21. The Morgan fingerprint density at radius 1 is 1.26 bits per heavy atom. The monoisotopic (exact) mass is 315 g/mol. The Labute approximate surface area is 137 Å². The summed E-state index contributed by atoms with van der Waals surface area (Å²) in [6.45, 7) is 0.832. The number of rotatable bonds is 4. The Kier molecular flexibility index (Phi) is 4.12. The Morgan fingerprint density at radius 3 is 2.78 bits per heavy atom. The lowest BCUT2D eigenvalue weighted by Gasteiger charge is -2.30. The van der Waals surface area contributed by atoms with Crippen molar-refractivity contribution < 1.29 is 14.6 Å². The maximum atomic E-state index is 12.9. The number of hydrogen-bond donors (Lipinski definition) is 1. The standard InChI is InChI=1S/C19H25NO3/c21-17(13-5-2-1-3-6-13)11-14-7-4-10-20(14)19(22)16-12-15-8-9-18(16)23-15/h1-3,5-6,14-18,21H,4,7-12H2. The Hall–Kier alpha value is -1.39. The molecule has 5 atom stereocenters. The van der Waals surface area contributed by atoms with E-state index in [4.69, 9.17) is 4.74 Å². The molecule has 1 N–H and O–H groups in total. The molecule has 0 spiro atoms. The summed E-state index contributed by atoms with van der Waals surface area (Å²) >= 11 is 0. The number of hydrogen-bond acceptors (Lipinski definition) is 3. The minimum absolute atomic E-state index is 0.0585. The molecule has 0 radical (unpaired) electrons. The van der Waals surface area contributed by atoms with Crippen LogP contribution in [0.2, 0.25) is 0 Å². The van der Waals surface area contributed by atoms with E-state index in [-0.39, 0.29) is 24.0 Å². The molecule has 3 heterocycles. The van der Waals surface area contributed by atoms with Crippen LogP contribution in [0.3, 0.4) is 0 Å². The zero-order valence-electron chi connectivity index (χ0n) is 13.4. The van der Waals surface area contributed by atoms with Gasteiger partial charge < -0.3 is 14.7 Å². The summed E-state index contributed by atoms with van der Waals surface area (Å²) < 4.78 is 5.85. The maximum Gasteiger partial charge on any atom is 0.228 e. The molecule has 0 aliphatic carbocycles. The van der Waals surface area contributed by atoms with Crippen LogP contribution in [0.1, 0.15) is 50.2 Å². The summed E-state index contributed by atoms with van der Waals surface area (Å²) in [5.74, 6) is 0.322. The minimum Gasteiger partial charge on any atom is -0.388 e. The van der Waals surface area contributed by atoms with Crippen LogP contribution in [0.5, 0.6) is 0 Å². The molecule has 4 nitrogen and oxygen atoms in total. The van der Waals surface area contributed by atoms with Gasteiger partial charge in [0.1, 0.15) is 0 Å². The molecule has 124 valence electrons. The summed E-state index contributed by atoms with van der Waals surface area (Å²) in [6.07, 6.45) is 5.68. The fourth-order valence-electron chi connectivity index (χ4n) is 4.55. The van der Waals surface area contributed by atoms with E-state index < -0.39 is 6.10 Å². The van der Waals surface area contributed by atoms with Gasteiger partial charge in [-0.3, -0.25) is 4.79 Å². The molecule has 1 amide bonds. The van der Waals surface area contributed by atoms with Gasteiger partial charge in [0.15, 0.2) is 0 Å². The number of carbonyl (C=O) groups excluding carboxylic acids is 1. The third kappa shape index (κ3) is 2.90. The van der Waals surface area contributed by atoms with E-state index in [1.54, 1.807) is 0 Å². The fourth-order valence-corrected chi connectivity index (χ4v) is 4.55. The molecule has 23 heavy (non-hydrogen) atoms. The highest BCUT2D eigenvalue weighted by Crippen LogP contribution is 2.41. The zero-order valence-corrected chi connectivity index (χ0v) is 13.4. The first-order valence-corrected chi connectivity index (χ1v) is 8.91. The van der Waals surface area contributed by atoms with Crippen molar-refractivity contribution >= 4 is 5.91 Å². The highest BCUT2D eigenvalue weighted by atomic mass is 16.5. The number of benzene rings is 1. The van der Waals surface area contributed by atoms with Crippen molar-refractivity contribution in [3.05, 3.63) is 35.9 Å². The average Bonchev–Trinajstić information content (AvgIpc) is 3.31. The molecule has 4 rings (SSSR count). The van der Waals surface area contributed by atoms with Crippen LogP contribution in [0.25, 0.3) is 0 Å². The third-order valence-electron chi connectivity index (χ3n) is 5.76. The van der Waals surface area contributed by atoms with Gasteiger partial charge in [0, 0.05) is 12.6 Å². The van der Waals surface area contributed by atoms with Gasteiger partial charge in [-0.15, -0.1) is 0 Å². The van der Waals surface area contributed by atoms with Crippen molar-refractivity contribution in [1.82, 2.24) is 4.90 Å². The van der Waals surface area contributed by atoms with Crippen LogP contribution in [0.4, 0.5) is 0 Å². The molecule has 1 aromatic carbocycles. The summed E-state index contributed by atoms with van der Waals surface area (Å²) in [5, 5.41) is 10.5. The van der Waals surface area contributed by atoms with Gasteiger partial charge in [-0.25, -0.2) is 0 Å². The van der Waals surface area contributed by atoms with E-state index in [1.165, 1.54) is 0 Å². The van der Waals surface area contributed by atoms with E-state index >= 15 is 0 Å². The smallest absolute Gasteiger partial charge is 0.228 e. The fraction of sp³-hybridized carbons (Fsp3) is 0.632. The van der Waals surface area contributed by atoms with E-state index in [2.05, 4.69) is 0 Å². The number of nitrogens with zero attached hydrogens (tertiary/aromatic N) is 1. The lowest BCUT2D eigenvalue weighted by molar-refractivity contribution is -0.138. The predicted molar refractivity (Wildman–Crippen MR) is 86.8 cm³/mol. The van der Waals surface area contributed by atoms with E-state index in [9.17, 15) is 9.90 Å².